The Kier molecular flexibility index (Phi) is 6.14. The maximum Gasteiger partial charge on any atom is 0.180 e. The summed E-state index contributed by atoms with van der Waals surface area (Å²) in [6.07, 6.45) is 4.97. The number of piperazine rings is 1. The second-order valence-electron chi connectivity index (χ2n) is 10.1. The number of benzene rings is 2. The molecular formula is C27H33FN4O2. The Labute approximate surface area is 200 Å². The largest absolute Gasteiger partial charge is 0.493 e. The topological polar surface area (TPSA) is 45.0 Å². The van der Waals surface area contributed by atoms with E-state index >= 15 is 0 Å². The summed E-state index contributed by atoms with van der Waals surface area (Å²) in [5, 5.41) is 5.15. The molecule has 0 spiro atoms. The van der Waals surface area contributed by atoms with Crippen LogP contribution in [0.15, 0.2) is 47.0 Å². The molecule has 3 aliphatic rings. The molecule has 180 valence electrons. The number of halogens is 1. The molecule has 6 nitrogen and oxygen atoms in total. The molecule has 3 saturated heterocycles. The summed E-state index contributed by atoms with van der Waals surface area (Å²) in [7, 11) is 0. The van der Waals surface area contributed by atoms with Crippen LogP contribution in [0.3, 0.4) is 0 Å². The summed E-state index contributed by atoms with van der Waals surface area (Å²) < 4.78 is 25.1. The minimum atomic E-state index is -0.293. The van der Waals surface area contributed by atoms with Crippen molar-refractivity contribution >= 4 is 16.8 Å². The molecule has 3 fully saturated rings. The van der Waals surface area contributed by atoms with Crippen molar-refractivity contribution in [1.29, 1.82) is 0 Å². The molecule has 0 aliphatic carbocycles. The zero-order chi connectivity index (χ0) is 22.9. The number of anilines is 1. The van der Waals surface area contributed by atoms with Crippen LogP contribution >= 0.6 is 0 Å². The van der Waals surface area contributed by atoms with Gasteiger partial charge in [-0.2, -0.15) is 0 Å². The number of piperidine rings is 1. The molecule has 2 atom stereocenters. The van der Waals surface area contributed by atoms with Crippen LogP contribution in [0.2, 0.25) is 0 Å². The molecule has 2 aromatic carbocycles. The maximum atomic E-state index is 13.5. The van der Waals surface area contributed by atoms with E-state index in [9.17, 15) is 4.39 Å². The molecule has 0 bridgehead atoms. The number of rotatable bonds is 6. The molecule has 0 radical (unpaired) electrons. The Hall–Kier alpha value is -2.64. The van der Waals surface area contributed by atoms with Gasteiger partial charge in [-0.3, -0.25) is 9.80 Å². The summed E-state index contributed by atoms with van der Waals surface area (Å²) in [6, 6.07) is 13.8. The van der Waals surface area contributed by atoms with Crippen molar-refractivity contribution in [2.75, 3.05) is 50.8 Å². The number of aromatic nitrogens is 1. The van der Waals surface area contributed by atoms with Gasteiger partial charge in [0.1, 0.15) is 11.6 Å². The fraction of sp³-hybridized carbons (Fsp3) is 0.519. The van der Waals surface area contributed by atoms with Gasteiger partial charge >= 0.3 is 0 Å². The van der Waals surface area contributed by atoms with E-state index < -0.39 is 0 Å². The van der Waals surface area contributed by atoms with Gasteiger partial charge in [0.2, 0.25) is 0 Å². The normalized spacial score (nSPS) is 24.0. The molecule has 3 aliphatic heterocycles. The summed E-state index contributed by atoms with van der Waals surface area (Å²) in [5.41, 5.74) is 1.87. The van der Waals surface area contributed by atoms with E-state index in [2.05, 4.69) is 44.1 Å². The van der Waals surface area contributed by atoms with Crippen LogP contribution in [0.4, 0.5) is 10.2 Å². The first-order chi connectivity index (χ1) is 16.7. The summed E-state index contributed by atoms with van der Waals surface area (Å²) in [5.74, 6) is 2.10. The van der Waals surface area contributed by atoms with E-state index in [0.29, 0.717) is 17.5 Å². The molecule has 4 heterocycles. The minimum absolute atomic E-state index is 0.293. The first kappa shape index (κ1) is 21.9. The molecule has 34 heavy (non-hydrogen) atoms. The second-order valence-corrected chi connectivity index (χ2v) is 10.1. The van der Waals surface area contributed by atoms with Gasteiger partial charge in [-0.1, -0.05) is 17.3 Å². The van der Waals surface area contributed by atoms with E-state index in [4.69, 9.17) is 9.26 Å². The van der Waals surface area contributed by atoms with Crippen molar-refractivity contribution in [1.82, 2.24) is 15.0 Å². The Morgan fingerprint density at radius 1 is 1.00 bits per heavy atom. The zero-order valence-corrected chi connectivity index (χ0v) is 19.7. The molecule has 1 aromatic heterocycles. The number of likely N-dealkylation sites (tertiary alicyclic amines) is 1. The molecule has 7 heteroatoms. The van der Waals surface area contributed by atoms with Crippen molar-refractivity contribution in [2.24, 2.45) is 5.92 Å². The van der Waals surface area contributed by atoms with Crippen LogP contribution in [-0.4, -0.2) is 66.9 Å². The van der Waals surface area contributed by atoms with Crippen LogP contribution < -0.4 is 9.64 Å². The molecular weight excluding hydrogens is 431 g/mol. The summed E-state index contributed by atoms with van der Waals surface area (Å²) >= 11 is 0. The highest BCUT2D eigenvalue weighted by Gasteiger charge is 2.34. The molecule has 0 saturated carbocycles. The Morgan fingerprint density at radius 2 is 1.91 bits per heavy atom. The fourth-order valence-corrected chi connectivity index (χ4v) is 5.86. The number of ether oxygens (including phenoxy) is 1. The third-order valence-electron chi connectivity index (χ3n) is 7.71. The predicted molar refractivity (Wildman–Crippen MR) is 131 cm³/mol. The van der Waals surface area contributed by atoms with Gasteiger partial charge in [0, 0.05) is 50.7 Å². The van der Waals surface area contributed by atoms with Gasteiger partial charge in [-0.15, -0.1) is 0 Å². The van der Waals surface area contributed by atoms with E-state index in [-0.39, 0.29) is 5.82 Å². The predicted octanol–water partition coefficient (Wildman–Crippen LogP) is 4.54. The number of fused-ring (bicyclic) bond motifs is 2. The van der Waals surface area contributed by atoms with Gasteiger partial charge < -0.3 is 14.2 Å². The average molecular weight is 465 g/mol. The van der Waals surface area contributed by atoms with Gasteiger partial charge in [0.05, 0.1) is 12.0 Å². The third-order valence-corrected chi connectivity index (χ3v) is 7.71. The van der Waals surface area contributed by atoms with Crippen LogP contribution in [0.1, 0.15) is 31.2 Å². The first-order valence-corrected chi connectivity index (χ1v) is 12.7. The molecule has 6 rings (SSSR count). The standard InChI is InChI=1S/C27H33FN4O2/c28-22-7-9-25-26(15-22)34-29-27(25)32-13-12-31-17-21(6-8-23(31)18-32)19-33-24-5-3-4-20(14-24)16-30-10-1-2-11-30/h3-5,7,9,14-15,21,23H,1-2,6,8,10-13,16-19H2/t21-,23+/m1/s1. The van der Waals surface area contributed by atoms with Crippen LogP contribution in [-0.2, 0) is 6.54 Å². The van der Waals surface area contributed by atoms with Crippen molar-refractivity contribution < 1.29 is 13.7 Å². The van der Waals surface area contributed by atoms with Crippen LogP contribution in [0.25, 0.3) is 11.0 Å². The molecule has 0 N–H and O–H groups in total. The fourth-order valence-electron chi connectivity index (χ4n) is 5.86. The Bertz CT molecular complexity index is 1130. The van der Waals surface area contributed by atoms with E-state index in [1.807, 2.05) is 0 Å². The van der Waals surface area contributed by atoms with E-state index in [0.717, 1.165) is 62.7 Å². The molecule has 0 amide bonds. The lowest BCUT2D eigenvalue weighted by molar-refractivity contribution is 0.0726. The van der Waals surface area contributed by atoms with E-state index in [1.165, 1.54) is 50.0 Å². The first-order valence-electron chi connectivity index (χ1n) is 12.7. The quantitative estimate of drug-likeness (QED) is 0.534. The Balaban J connectivity index is 1.02. The highest BCUT2D eigenvalue weighted by Crippen LogP contribution is 2.32. The smallest absolute Gasteiger partial charge is 0.180 e. The Morgan fingerprint density at radius 3 is 2.82 bits per heavy atom. The lowest BCUT2D eigenvalue weighted by atomic mass is 9.91. The van der Waals surface area contributed by atoms with Crippen molar-refractivity contribution in [3.05, 3.63) is 53.8 Å². The average Bonchev–Trinajstić information content (AvgIpc) is 3.52. The van der Waals surface area contributed by atoms with Crippen LogP contribution in [0.5, 0.6) is 5.75 Å². The lowest BCUT2D eigenvalue weighted by Gasteiger charge is -2.46. The number of nitrogens with zero attached hydrogens (tertiary/aromatic N) is 4. The summed E-state index contributed by atoms with van der Waals surface area (Å²) in [6.45, 7) is 8.16. The SMILES string of the molecule is Fc1ccc2c(N3CCN4C[C@H](COc5cccc(CN6CCCC6)c5)CC[C@H]4C3)noc2c1. The number of hydrogen-bond donors (Lipinski definition) is 0. The van der Waals surface area contributed by atoms with Gasteiger partial charge in [0.25, 0.3) is 0 Å². The monoisotopic (exact) mass is 464 g/mol. The van der Waals surface area contributed by atoms with Gasteiger partial charge in [-0.05, 0) is 68.6 Å². The molecule has 3 aromatic rings. The van der Waals surface area contributed by atoms with E-state index in [1.54, 1.807) is 6.07 Å². The number of hydrogen-bond acceptors (Lipinski definition) is 6. The third kappa shape index (κ3) is 4.64. The van der Waals surface area contributed by atoms with Gasteiger partial charge in [0.15, 0.2) is 11.4 Å². The van der Waals surface area contributed by atoms with Crippen molar-refractivity contribution in [3.8, 4) is 5.75 Å². The molecule has 0 unspecified atom stereocenters. The van der Waals surface area contributed by atoms with Crippen molar-refractivity contribution in [3.63, 3.8) is 0 Å². The highest BCUT2D eigenvalue weighted by molar-refractivity contribution is 5.88. The summed E-state index contributed by atoms with van der Waals surface area (Å²) in [4.78, 5) is 7.44. The second kappa shape index (κ2) is 9.55. The zero-order valence-electron chi connectivity index (χ0n) is 19.7. The van der Waals surface area contributed by atoms with Crippen molar-refractivity contribution in [2.45, 2.75) is 38.3 Å². The van der Waals surface area contributed by atoms with Gasteiger partial charge in [-0.25, -0.2) is 4.39 Å². The maximum absolute atomic E-state index is 13.5. The van der Waals surface area contributed by atoms with Crippen LogP contribution in [0, 0.1) is 11.7 Å². The minimum Gasteiger partial charge on any atom is -0.493 e. The highest BCUT2D eigenvalue weighted by atomic mass is 19.1. The lowest BCUT2D eigenvalue weighted by Crippen LogP contribution is -2.57.